The van der Waals surface area contributed by atoms with E-state index in [2.05, 4.69) is 0 Å². The summed E-state index contributed by atoms with van der Waals surface area (Å²) < 4.78 is 24.1. The Morgan fingerprint density at radius 2 is 1.55 bits per heavy atom. The number of unbranched alkanes of at least 4 members (excludes halogenated alkanes) is 2. The van der Waals surface area contributed by atoms with Crippen LogP contribution in [0.25, 0.3) is 0 Å². The minimum Gasteiger partial charge on any atom is -0.462 e. The van der Waals surface area contributed by atoms with Gasteiger partial charge >= 0.3 is 11.9 Å². The molecule has 0 aliphatic carbocycles. The number of hydrogen-bond acceptors (Lipinski definition) is 5. The fraction of sp³-hybridized carbons (Fsp3) is 0.391. The van der Waals surface area contributed by atoms with Gasteiger partial charge in [-0.15, -0.1) is 0 Å². The van der Waals surface area contributed by atoms with Crippen molar-refractivity contribution in [1.82, 2.24) is 0 Å². The van der Waals surface area contributed by atoms with Gasteiger partial charge in [0.2, 0.25) is 0 Å². The van der Waals surface area contributed by atoms with Crippen LogP contribution >= 0.6 is 0 Å². The van der Waals surface area contributed by atoms with Crippen molar-refractivity contribution in [3.63, 3.8) is 0 Å². The SMILES string of the molecule is CCCCOC(=O)c1ccc2c(c1C(=O)OCCCC)S(=O)c1ccccc1C2. The third-order valence-corrected chi connectivity index (χ3v) is 6.50. The maximum atomic E-state index is 13.3. The summed E-state index contributed by atoms with van der Waals surface area (Å²) in [6.45, 7) is 4.54. The summed E-state index contributed by atoms with van der Waals surface area (Å²) >= 11 is 0. The van der Waals surface area contributed by atoms with Crippen molar-refractivity contribution in [3.05, 3.63) is 58.7 Å². The molecule has 1 atom stereocenters. The second-order valence-corrected chi connectivity index (χ2v) is 8.39. The molecular weight excluding hydrogens is 388 g/mol. The molecule has 154 valence electrons. The molecule has 6 heteroatoms. The second kappa shape index (κ2) is 9.83. The van der Waals surface area contributed by atoms with Gasteiger partial charge in [-0.25, -0.2) is 13.8 Å². The van der Waals surface area contributed by atoms with Crippen molar-refractivity contribution in [2.24, 2.45) is 0 Å². The fourth-order valence-corrected chi connectivity index (χ4v) is 4.82. The molecule has 3 rings (SSSR count). The first-order chi connectivity index (χ1) is 14.1. The zero-order chi connectivity index (χ0) is 20.8. The van der Waals surface area contributed by atoms with Gasteiger partial charge in [0.1, 0.15) is 0 Å². The molecule has 29 heavy (non-hydrogen) atoms. The van der Waals surface area contributed by atoms with E-state index in [0.717, 1.165) is 36.8 Å². The van der Waals surface area contributed by atoms with Gasteiger partial charge < -0.3 is 9.47 Å². The molecule has 0 saturated carbocycles. The van der Waals surface area contributed by atoms with Crippen LogP contribution in [0.2, 0.25) is 0 Å². The van der Waals surface area contributed by atoms with E-state index in [1.54, 1.807) is 18.2 Å². The normalized spacial score (nSPS) is 14.6. The number of esters is 2. The Bertz CT molecular complexity index is 935. The van der Waals surface area contributed by atoms with E-state index < -0.39 is 22.7 Å². The van der Waals surface area contributed by atoms with Crippen LogP contribution in [0, 0.1) is 0 Å². The van der Waals surface area contributed by atoms with Crippen LogP contribution in [0.1, 0.15) is 71.4 Å². The van der Waals surface area contributed by atoms with Crippen LogP contribution in [0.4, 0.5) is 0 Å². The Hall–Kier alpha value is -2.47. The van der Waals surface area contributed by atoms with Gasteiger partial charge in [0, 0.05) is 4.90 Å². The van der Waals surface area contributed by atoms with Crippen LogP contribution in [-0.4, -0.2) is 29.4 Å². The smallest absolute Gasteiger partial charge is 0.340 e. The molecule has 0 fully saturated rings. The Balaban J connectivity index is 2.05. The molecule has 0 radical (unpaired) electrons. The molecule has 1 aliphatic heterocycles. The summed E-state index contributed by atoms with van der Waals surface area (Å²) in [5.74, 6) is -1.20. The quantitative estimate of drug-likeness (QED) is 0.396. The molecule has 1 unspecified atom stereocenters. The summed E-state index contributed by atoms with van der Waals surface area (Å²) in [4.78, 5) is 26.7. The molecular formula is C23H26O5S. The maximum absolute atomic E-state index is 13.3. The van der Waals surface area contributed by atoms with Gasteiger partial charge in [-0.2, -0.15) is 0 Å². The molecule has 0 spiro atoms. The molecule has 1 heterocycles. The summed E-state index contributed by atoms with van der Waals surface area (Å²) in [6.07, 6.45) is 3.79. The van der Waals surface area contributed by atoms with E-state index >= 15 is 0 Å². The second-order valence-electron chi connectivity index (χ2n) is 7.01. The Labute approximate surface area is 173 Å². The number of carbonyl (C=O) groups is 2. The lowest BCUT2D eigenvalue weighted by Gasteiger charge is -2.22. The maximum Gasteiger partial charge on any atom is 0.340 e. The molecule has 0 amide bonds. The van der Waals surface area contributed by atoms with Crippen LogP contribution in [0.3, 0.4) is 0 Å². The van der Waals surface area contributed by atoms with Gasteiger partial charge in [-0.3, -0.25) is 0 Å². The molecule has 5 nitrogen and oxygen atoms in total. The van der Waals surface area contributed by atoms with Crippen molar-refractivity contribution >= 4 is 22.7 Å². The first-order valence-corrected chi connectivity index (χ1v) is 11.2. The van der Waals surface area contributed by atoms with Crippen molar-refractivity contribution in [2.75, 3.05) is 13.2 Å². The van der Waals surface area contributed by atoms with Crippen molar-refractivity contribution in [2.45, 2.75) is 55.7 Å². The lowest BCUT2D eigenvalue weighted by molar-refractivity contribution is 0.0448. The Kier molecular flexibility index (Phi) is 7.20. The zero-order valence-electron chi connectivity index (χ0n) is 16.9. The standard InChI is InChI=1S/C23H26O5S/c1-3-5-13-27-22(24)18-12-11-17-15-16-9-7-8-10-19(16)29(26)21(17)20(18)23(25)28-14-6-4-2/h7-12H,3-6,13-15H2,1-2H3. The highest BCUT2D eigenvalue weighted by Crippen LogP contribution is 2.35. The van der Waals surface area contributed by atoms with E-state index in [1.165, 1.54) is 0 Å². The highest BCUT2D eigenvalue weighted by molar-refractivity contribution is 7.85. The predicted octanol–water partition coefficient (Wildman–Crippen LogP) is 4.67. The minimum absolute atomic E-state index is 0.0768. The lowest BCUT2D eigenvalue weighted by atomic mass is 9.98. The number of fused-ring (bicyclic) bond motifs is 2. The third-order valence-electron chi connectivity index (χ3n) is 4.86. The first-order valence-electron chi connectivity index (χ1n) is 10.1. The van der Waals surface area contributed by atoms with Crippen LogP contribution < -0.4 is 0 Å². The summed E-state index contributed by atoms with van der Waals surface area (Å²) in [7, 11) is -1.57. The minimum atomic E-state index is -1.57. The third kappa shape index (κ3) is 4.58. The van der Waals surface area contributed by atoms with Crippen LogP contribution in [0.5, 0.6) is 0 Å². The van der Waals surface area contributed by atoms with E-state index in [1.807, 2.05) is 32.0 Å². The average Bonchev–Trinajstić information content (AvgIpc) is 2.73. The zero-order valence-corrected chi connectivity index (χ0v) is 17.7. The molecule has 0 bridgehead atoms. The van der Waals surface area contributed by atoms with Crippen LogP contribution in [-0.2, 0) is 26.7 Å². The number of hydrogen-bond donors (Lipinski definition) is 0. The molecule has 1 aliphatic rings. The van der Waals surface area contributed by atoms with Gasteiger partial charge in [0.25, 0.3) is 0 Å². The van der Waals surface area contributed by atoms with Crippen molar-refractivity contribution < 1.29 is 23.3 Å². The Morgan fingerprint density at radius 1 is 0.897 bits per heavy atom. The topological polar surface area (TPSA) is 69.7 Å². The first kappa shape index (κ1) is 21.2. The van der Waals surface area contributed by atoms with Crippen molar-refractivity contribution in [3.8, 4) is 0 Å². The van der Waals surface area contributed by atoms with E-state index in [0.29, 0.717) is 16.2 Å². The average molecular weight is 415 g/mol. The molecule has 2 aromatic rings. The number of rotatable bonds is 8. The van der Waals surface area contributed by atoms with Gasteiger partial charge in [0.05, 0.1) is 40.0 Å². The predicted molar refractivity (Wildman–Crippen MR) is 111 cm³/mol. The van der Waals surface area contributed by atoms with E-state index in [-0.39, 0.29) is 24.3 Å². The van der Waals surface area contributed by atoms with Gasteiger partial charge in [-0.05, 0) is 42.5 Å². The highest BCUT2D eigenvalue weighted by atomic mass is 32.2. The molecule has 0 aromatic heterocycles. The van der Waals surface area contributed by atoms with Gasteiger partial charge in [-0.1, -0.05) is 51.0 Å². The highest BCUT2D eigenvalue weighted by Gasteiger charge is 2.32. The molecule has 0 N–H and O–H groups in total. The van der Waals surface area contributed by atoms with Crippen LogP contribution in [0.15, 0.2) is 46.2 Å². The van der Waals surface area contributed by atoms with Gasteiger partial charge in [0.15, 0.2) is 0 Å². The van der Waals surface area contributed by atoms with E-state index in [9.17, 15) is 13.8 Å². The lowest BCUT2D eigenvalue weighted by Crippen LogP contribution is -2.21. The monoisotopic (exact) mass is 414 g/mol. The fourth-order valence-electron chi connectivity index (χ4n) is 3.26. The molecule has 2 aromatic carbocycles. The summed E-state index contributed by atoms with van der Waals surface area (Å²) in [5.41, 5.74) is 1.93. The van der Waals surface area contributed by atoms with Crippen molar-refractivity contribution in [1.29, 1.82) is 0 Å². The summed E-state index contributed by atoms with van der Waals surface area (Å²) in [5, 5.41) is 0. The number of benzene rings is 2. The molecule has 0 saturated heterocycles. The number of ether oxygens (including phenoxy) is 2. The van der Waals surface area contributed by atoms with E-state index in [4.69, 9.17) is 9.47 Å². The Morgan fingerprint density at radius 3 is 2.24 bits per heavy atom. The number of carbonyl (C=O) groups excluding carboxylic acids is 2. The summed E-state index contributed by atoms with van der Waals surface area (Å²) in [6, 6.07) is 10.8. The largest absolute Gasteiger partial charge is 0.462 e.